The number of amides is 1. The number of carbonyl (C=O) groups excluding carboxylic acids is 1. The van der Waals surface area contributed by atoms with Crippen LogP contribution < -0.4 is 5.73 Å². The van der Waals surface area contributed by atoms with Gasteiger partial charge in [-0.15, -0.1) is 0 Å². The Labute approximate surface area is 206 Å². The predicted octanol–water partition coefficient (Wildman–Crippen LogP) is 4.29. The van der Waals surface area contributed by atoms with Gasteiger partial charge < -0.3 is 15.9 Å². The number of aryl methyl sites for hydroxylation is 3. The zero-order chi connectivity index (χ0) is 26.1. The number of rotatable bonds is 6. The topological polar surface area (TPSA) is 156 Å². The van der Waals surface area contributed by atoms with Crippen molar-refractivity contribution in [2.45, 2.75) is 20.8 Å². The Morgan fingerprint density at radius 2 is 0.917 bits per heavy atom. The van der Waals surface area contributed by atoms with Gasteiger partial charge in [0, 0.05) is 35.3 Å². The van der Waals surface area contributed by atoms with Gasteiger partial charge in [-0.2, -0.15) is 0 Å². The van der Waals surface area contributed by atoms with Crippen molar-refractivity contribution < 1.29 is 24.6 Å². The van der Waals surface area contributed by atoms with Crippen LogP contribution in [-0.4, -0.2) is 43.0 Å². The normalized spacial score (nSPS) is 10.8. The number of carboxylic acid groups (broad SMARTS) is 2. The average molecular weight is 482 g/mol. The van der Waals surface area contributed by atoms with Crippen LogP contribution >= 0.6 is 0 Å². The number of benzene rings is 1. The van der Waals surface area contributed by atoms with Crippen molar-refractivity contribution in [2.75, 3.05) is 0 Å². The fourth-order valence-corrected chi connectivity index (χ4v) is 4.38. The zero-order valence-corrected chi connectivity index (χ0v) is 19.7. The summed E-state index contributed by atoms with van der Waals surface area (Å²) in [5.74, 6) is -3.92. The summed E-state index contributed by atoms with van der Waals surface area (Å²) in [7, 11) is 0. The third kappa shape index (κ3) is 3.96. The highest BCUT2D eigenvalue weighted by Gasteiger charge is 2.36. The first kappa shape index (κ1) is 24.2. The monoisotopic (exact) mass is 482 g/mol. The summed E-state index contributed by atoms with van der Waals surface area (Å²) >= 11 is 0. The van der Waals surface area contributed by atoms with E-state index >= 15 is 0 Å². The number of primary amides is 1. The van der Waals surface area contributed by atoms with E-state index in [9.17, 15) is 24.6 Å². The lowest BCUT2D eigenvalue weighted by Crippen LogP contribution is -2.22. The Morgan fingerprint density at radius 1 is 0.611 bits per heavy atom. The van der Waals surface area contributed by atoms with Crippen LogP contribution in [0.5, 0.6) is 0 Å². The molecule has 9 heteroatoms. The Bertz CT molecular complexity index is 1360. The predicted molar refractivity (Wildman–Crippen MR) is 133 cm³/mol. The quantitative estimate of drug-likeness (QED) is 0.367. The molecule has 4 N–H and O–H groups in total. The minimum atomic E-state index is -1.45. The molecule has 3 heterocycles. The van der Waals surface area contributed by atoms with Crippen molar-refractivity contribution in [3.63, 3.8) is 0 Å². The first-order chi connectivity index (χ1) is 17.1. The molecule has 3 aromatic heterocycles. The molecule has 36 heavy (non-hydrogen) atoms. The van der Waals surface area contributed by atoms with Crippen LogP contribution in [0.4, 0.5) is 0 Å². The van der Waals surface area contributed by atoms with E-state index in [2.05, 4.69) is 15.0 Å². The number of hydrogen-bond acceptors (Lipinski definition) is 6. The number of aromatic carboxylic acids is 2. The minimum Gasteiger partial charge on any atom is -0.478 e. The molecule has 0 atom stereocenters. The number of pyridine rings is 3. The third-order valence-electron chi connectivity index (χ3n) is 5.91. The van der Waals surface area contributed by atoms with E-state index in [0.717, 1.165) is 0 Å². The lowest BCUT2D eigenvalue weighted by molar-refractivity contribution is 0.0696. The van der Waals surface area contributed by atoms with Gasteiger partial charge in [-0.25, -0.2) is 9.59 Å². The lowest BCUT2D eigenvalue weighted by atomic mass is 9.80. The van der Waals surface area contributed by atoms with E-state index in [0.29, 0.717) is 16.7 Å². The SMILES string of the molecule is Cc1cccnc1-c1c(C(N)=O)c(-c2ncccc2C)c(C(=O)O)c(-c2ncccc2C)c1C(=O)O. The van der Waals surface area contributed by atoms with E-state index in [4.69, 9.17) is 5.73 Å². The number of nitrogens with two attached hydrogens (primary N) is 1. The molecule has 0 fully saturated rings. The fraction of sp³-hybridized carbons (Fsp3) is 0.111. The molecule has 4 rings (SSSR count). The van der Waals surface area contributed by atoms with Crippen molar-refractivity contribution >= 4 is 17.8 Å². The maximum absolute atomic E-state index is 13.0. The van der Waals surface area contributed by atoms with Gasteiger partial charge in [0.15, 0.2) is 0 Å². The van der Waals surface area contributed by atoms with Crippen LogP contribution in [0.1, 0.15) is 47.8 Å². The van der Waals surface area contributed by atoms with Gasteiger partial charge >= 0.3 is 11.9 Å². The van der Waals surface area contributed by atoms with Crippen LogP contribution in [0.3, 0.4) is 0 Å². The molecule has 0 spiro atoms. The maximum atomic E-state index is 13.0. The zero-order valence-electron chi connectivity index (χ0n) is 19.7. The maximum Gasteiger partial charge on any atom is 0.337 e. The first-order valence-corrected chi connectivity index (χ1v) is 10.9. The fourth-order valence-electron chi connectivity index (χ4n) is 4.38. The molecule has 4 aromatic rings. The number of hydrogen-bond donors (Lipinski definition) is 3. The Hall–Kier alpha value is -4.92. The van der Waals surface area contributed by atoms with Crippen molar-refractivity contribution in [3.05, 3.63) is 88.4 Å². The van der Waals surface area contributed by atoms with E-state index < -0.39 is 29.0 Å². The second-order valence-corrected chi connectivity index (χ2v) is 8.23. The molecule has 0 aliphatic rings. The molecule has 1 aromatic carbocycles. The molecular formula is C27H22N4O5. The van der Waals surface area contributed by atoms with E-state index in [1.165, 1.54) is 18.6 Å². The molecule has 0 radical (unpaired) electrons. The van der Waals surface area contributed by atoms with Crippen molar-refractivity contribution in [1.29, 1.82) is 0 Å². The van der Waals surface area contributed by atoms with Gasteiger partial charge in [-0.3, -0.25) is 19.7 Å². The summed E-state index contributed by atoms with van der Waals surface area (Å²) < 4.78 is 0. The van der Waals surface area contributed by atoms with E-state index in [1.807, 2.05) is 0 Å². The molecule has 0 aliphatic heterocycles. The van der Waals surface area contributed by atoms with Gasteiger partial charge in [0.2, 0.25) is 5.91 Å². The van der Waals surface area contributed by atoms with Crippen LogP contribution in [0.25, 0.3) is 33.8 Å². The molecule has 0 saturated carbocycles. The summed E-state index contributed by atoms with van der Waals surface area (Å²) in [6.07, 6.45) is 4.36. The highest BCUT2D eigenvalue weighted by atomic mass is 16.4. The molecule has 180 valence electrons. The highest BCUT2D eigenvalue weighted by molar-refractivity contribution is 6.20. The molecule has 0 saturated heterocycles. The number of carbonyl (C=O) groups is 3. The largest absolute Gasteiger partial charge is 0.478 e. The standard InChI is InChI=1S/C27H22N4O5/c1-13-7-4-10-29-22(13)16-19(25(28)32)17(23-14(2)8-5-11-30-23)21(27(35)36)18(20(16)26(33)34)24-15(3)9-6-12-31-24/h4-12H,1-3H3,(H2,28,32)(H,33,34)(H,35,36). The van der Waals surface area contributed by atoms with Crippen molar-refractivity contribution in [3.8, 4) is 33.8 Å². The Morgan fingerprint density at radius 3 is 1.17 bits per heavy atom. The van der Waals surface area contributed by atoms with Gasteiger partial charge in [0.25, 0.3) is 0 Å². The second kappa shape index (κ2) is 9.38. The lowest BCUT2D eigenvalue weighted by Gasteiger charge is -2.23. The van der Waals surface area contributed by atoms with Gasteiger partial charge in [-0.1, -0.05) is 18.2 Å². The molecular weight excluding hydrogens is 460 g/mol. The molecule has 0 bridgehead atoms. The van der Waals surface area contributed by atoms with Gasteiger partial charge in [-0.05, 0) is 55.7 Å². The molecule has 0 unspecified atom stereocenters. The van der Waals surface area contributed by atoms with E-state index in [-0.39, 0.29) is 39.3 Å². The Kier molecular flexibility index (Phi) is 6.31. The molecule has 1 amide bonds. The van der Waals surface area contributed by atoms with Crippen LogP contribution in [0.15, 0.2) is 55.0 Å². The minimum absolute atomic E-state index is 0.0850. The number of aromatic nitrogens is 3. The molecule has 0 aliphatic carbocycles. The van der Waals surface area contributed by atoms with Crippen molar-refractivity contribution in [1.82, 2.24) is 15.0 Å². The smallest absolute Gasteiger partial charge is 0.337 e. The summed E-state index contributed by atoms with van der Waals surface area (Å²) in [4.78, 5) is 51.8. The summed E-state index contributed by atoms with van der Waals surface area (Å²) in [5.41, 5.74) is 6.58. The van der Waals surface area contributed by atoms with Gasteiger partial charge in [0.1, 0.15) is 0 Å². The Balaban J connectivity index is 2.44. The van der Waals surface area contributed by atoms with Crippen LogP contribution in [0.2, 0.25) is 0 Å². The third-order valence-corrected chi connectivity index (χ3v) is 5.91. The van der Waals surface area contributed by atoms with Gasteiger partial charge in [0.05, 0.1) is 33.8 Å². The summed E-state index contributed by atoms with van der Waals surface area (Å²) in [6.45, 7) is 5.11. The summed E-state index contributed by atoms with van der Waals surface area (Å²) in [5, 5.41) is 20.9. The number of nitrogens with zero attached hydrogens (tertiary/aromatic N) is 3. The van der Waals surface area contributed by atoms with Crippen LogP contribution in [0, 0.1) is 20.8 Å². The highest BCUT2D eigenvalue weighted by Crippen LogP contribution is 2.45. The first-order valence-electron chi connectivity index (χ1n) is 10.9. The average Bonchev–Trinajstić information content (AvgIpc) is 2.83. The van der Waals surface area contributed by atoms with Crippen LogP contribution in [-0.2, 0) is 0 Å². The number of carboxylic acids is 2. The van der Waals surface area contributed by atoms with Crippen molar-refractivity contribution in [2.24, 2.45) is 5.73 Å². The summed E-state index contributed by atoms with van der Waals surface area (Å²) in [6, 6.07) is 10.1. The second-order valence-electron chi connectivity index (χ2n) is 8.23. The van der Waals surface area contributed by atoms with E-state index in [1.54, 1.807) is 57.2 Å². The molecule has 9 nitrogen and oxygen atoms in total.